The fourth-order valence-electron chi connectivity index (χ4n) is 4.60. The molecule has 0 spiro atoms. The van der Waals surface area contributed by atoms with Crippen LogP contribution in [0.5, 0.6) is 0 Å². The Bertz CT molecular complexity index is 1050. The molecular formula is C27H24. The van der Waals surface area contributed by atoms with Crippen LogP contribution in [0.15, 0.2) is 109 Å². The van der Waals surface area contributed by atoms with E-state index < -0.39 is 0 Å². The summed E-state index contributed by atoms with van der Waals surface area (Å²) in [4.78, 5) is 0. The number of fused-ring (bicyclic) bond motifs is 3. The van der Waals surface area contributed by atoms with Gasteiger partial charge >= 0.3 is 0 Å². The van der Waals surface area contributed by atoms with E-state index in [1.807, 2.05) is 12.2 Å². The predicted octanol–water partition coefficient (Wildman–Crippen LogP) is 7.00. The molecule has 0 radical (unpaired) electrons. The zero-order valence-electron chi connectivity index (χ0n) is 15.9. The number of rotatable bonds is 4. The minimum absolute atomic E-state index is 0.312. The largest absolute Gasteiger partial charge is 0.0991 e. The molecule has 0 saturated carbocycles. The van der Waals surface area contributed by atoms with Gasteiger partial charge in [0.15, 0.2) is 0 Å². The van der Waals surface area contributed by atoms with Crippen LogP contribution in [0.3, 0.4) is 0 Å². The van der Waals surface area contributed by atoms with E-state index in [0.717, 1.165) is 0 Å². The summed E-state index contributed by atoms with van der Waals surface area (Å²) >= 11 is 0. The quantitative estimate of drug-likeness (QED) is 0.445. The van der Waals surface area contributed by atoms with E-state index in [2.05, 4.69) is 105 Å². The van der Waals surface area contributed by atoms with Gasteiger partial charge in [-0.05, 0) is 52.8 Å². The van der Waals surface area contributed by atoms with E-state index in [-0.39, 0.29) is 5.41 Å². The Morgan fingerprint density at radius 1 is 0.852 bits per heavy atom. The van der Waals surface area contributed by atoms with Crippen molar-refractivity contribution in [3.05, 3.63) is 132 Å². The highest BCUT2D eigenvalue weighted by Crippen LogP contribution is 2.57. The van der Waals surface area contributed by atoms with E-state index in [1.54, 1.807) is 0 Å². The summed E-state index contributed by atoms with van der Waals surface area (Å²) in [7, 11) is 0. The maximum absolute atomic E-state index is 3.88. The molecule has 0 nitrogen and oxygen atoms in total. The molecule has 0 bridgehead atoms. The van der Waals surface area contributed by atoms with Gasteiger partial charge in [-0.2, -0.15) is 0 Å². The van der Waals surface area contributed by atoms with Crippen molar-refractivity contribution in [3.8, 4) is 11.1 Å². The molecule has 1 unspecified atom stereocenters. The van der Waals surface area contributed by atoms with E-state index in [9.17, 15) is 0 Å². The Kier molecular flexibility index (Phi) is 4.41. The van der Waals surface area contributed by atoms with Gasteiger partial charge in [0.1, 0.15) is 0 Å². The minimum atomic E-state index is -0.312. The van der Waals surface area contributed by atoms with Crippen molar-refractivity contribution in [1.82, 2.24) is 0 Å². The maximum atomic E-state index is 3.88. The molecule has 132 valence electrons. The Morgan fingerprint density at radius 2 is 1.56 bits per heavy atom. The number of hydrogen-bond donors (Lipinski definition) is 0. The van der Waals surface area contributed by atoms with Gasteiger partial charge in [-0.25, -0.2) is 0 Å². The normalized spacial score (nSPS) is 18.4. The van der Waals surface area contributed by atoms with Gasteiger partial charge in [-0.1, -0.05) is 104 Å². The summed E-state index contributed by atoms with van der Waals surface area (Å²) in [6, 6.07) is 26.4. The third-order valence-corrected chi connectivity index (χ3v) is 5.64. The average molecular weight is 348 g/mol. The first kappa shape index (κ1) is 17.3. The van der Waals surface area contributed by atoms with Gasteiger partial charge in [-0.3, -0.25) is 0 Å². The fraction of sp³-hybridized carbons (Fsp3) is 0.111. The molecule has 0 heterocycles. The van der Waals surface area contributed by atoms with Crippen molar-refractivity contribution in [2.24, 2.45) is 0 Å². The third-order valence-electron chi connectivity index (χ3n) is 5.64. The molecule has 0 aliphatic heterocycles. The standard InChI is InChI=1S/C27H24/c1-4-6-14-21(5-2)27(22-15-8-7-9-16-22)24-18-11-10-17-23(24)26-20(3)13-12-19-25(26)27/h4-19H,1H2,2-3H3/b14-6-,21-5+. The first-order chi connectivity index (χ1) is 13.2. The Morgan fingerprint density at radius 3 is 2.30 bits per heavy atom. The van der Waals surface area contributed by atoms with Crippen LogP contribution in [-0.2, 0) is 5.41 Å². The van der Waals surface area contributed by atoms with Crippen molar-refractivity contribution in [2.75, 3.05) is 0 Å². The molecule has 0 amide bonds. The van der Waals surface area contributed by atoms with Gasteiger partial charge in [0.25, 0.3) is 0 Å². The molecule has 0 heteroatoms. The van der Waals surface area contributed by atoms with Crippen LogP contribution in [0.4, 0.5) is 0 Å². The molecule has 1 aliphatic carbocycles. The van der Waals surface area contributed by atoms with Crippen molar-refractivity contribution >= 4 is 0 Å². The number of aryl methyl sites for hydroxylation is 1. The molecule has 0 fully saturated rings. The van der Waals surface area contributed by atoms with Crippen LogP contribution in [0.2, 0.25) is 0 Å². The topological polar surface area (TPSA) is 0 Å². The molecule has 1 atom stereocenters. The highest BCUT2D eigenvalue weighted by Gasteiger charge is 2.46. The molecule has 27 heavy (non-hydrogen) atoms. The van der Waals surface area contributed by atoms with E-state index >= 15 is 0 Å². The summed E-state index contributed by atoms with van der Waals surface area (Å²) in [5.74, 6) is 0. The highest BCUT2D eigenvalue weighted by atomic mass is 14.5. The lowest BCUT2D eigenvalue weighted by Gasteiger charge is -2.34. The van der Waals surface area contributed by atoms with Crippen molar-refractivity contribution in [3.63, 3.8) is 0 Å². The highest BCUT2D eigenvalue weighted by molar-refractivity contribution is 5.88. The summed E-state index contributed by atoms with van der Waals surface area (Å²) in [6.07, 6.45) is 8.33. The van der Waals surface area contributed by atoms with Gasteiger partial charge in [0.05, 0.1) is 5.41 Å². The lowest BCUT2D eigenvalue weighted by Crippen LogP contribution is -2.29. The zero-order chi connectivity index (χ0) is 18.9. The molecule has 0 N–H and O–H groups in total. The van der Waals surface area contributed by atoms with E-state index in [4.69, 9.17) is 0 Å². The predicted molar refractivity (Wildman–Crippen MR) is 116 cm³/mol. The first-order valence-electron chi connectivity index (χ1n) is 9.46. The minimum Gasteiger partial charge on any atom is -0.0991 e. The number of allylic oxidation sites excluding steroid dienone is 5. The molecular weight excluding hydrogens is 324 g/mol. The van der Waals surface area contributed by atoms with Crippen LogP contribution in [0.1, 0.15) is 29.2 Å². The second-order valence-corrected chi connectivity index (χ2v) is 7.00. The summed E-state index contributed by atoms with van der Waals surface area (Å²) in [5.41, 5.74) is 8.98. The average Bonchev–Trinajstić information content (AvgIpc) is 3.02. The second-order valence-electron chi connectivity index (χ2n) is 7.00. The Balaban J connectivity index is 2.19. The van der Waals surface area contributed by atoms with Crippen LogP contribution in [-0.4, -0.2) is 0 Å². The van der Waals surface area contributed by atoms with E-state index in [1.165, 1.54) is 39.0 Å². The van der Waals surface area contributed by atoms with Crippen molar-refractivity contribution < 1.29 is 0 Å². The Hall–Kier alpha value is -3.12. The van der Waals surface area contributed by atoms with E-state index in [0.29, 0.717) is 0 Å². The van der Waals surface area contributed by atoms with Gasteiger partial charge in [0, 0.05) is 0 Å². The smallest absolute Gasteiger partial charge is 0.0710 e. The summed E-state index contributed by atoms with van der Waals surface area (Å²) in [6.45, 7) is 8.22. The van der Waals surface area contributed by atoms with Gasteiger partial charge in [-0.15, -0.1) is 0 Å². The summed E-state index contributed by atoms with van der Waals surface area (Å²) < 4.78 is 0. The van der Waals surface area contributed by atoms with Crippen molar-refractivity contribution in [1.29, 1.82) is 0 Å². The zero-order valence-corrected chi connectivity index (χ0v) is 15.9. The molecule has 0 saturated heterocycles. The van der Waals surface area contributed by atoms with Crippen LogP contribution >= 0.6 is 0 Å². The van der Waals surface area contributed by atoms with Crippen LogP contribution in [0.25, 0.3) is 11.1 Å². The second kappa shape index (κ2) is 6.89. The lowest BCUT2D eigenvalue weighted by atomic mass is 9.67. The van der Waals surface area contributed by atoms with Crippen molar-refractivity contribution in [2.45, 2.75) is 19.3 Å². The Labute approximate surface area is 162 Å². The lowest BCUT2D eigenvalue weighted by molar-refractivity contribution is 0.765. The number of hydrogen-bond acceptors (Lipinski definition) is 0. The van der Waals surface area contributed by atoms with Crippen LogP contribution in [0, 0.1) is 6.92 Å². The summed E-state index contributed by atoms with van der Waals surface area (Å²) in [5, 5.41) is 0. The fourth-order valence-corrected chi connectivity index (χ4v) is 4.60. The molecule has 1 aliphatic rings. The van der Waals surface area contributed by atoms with Gasteiger partial charge < -0.3 is 0 Å². The first-order valence-corrected chi connectivity index (χ1v) is 9.46. The molecule has 0 aromatic heterocycles. The third kappa shape index (κ3) is 2.44. The molecule has 4 rings (SSSR count). The number of benzene rings is 3. The SMILES string of the molecule is C=C/C=C\C(=C/C)C1(c2ccccc2)c2ccccc2-c2c(C)cccc21. The molecule has 3 aromatic rings. The van der Waals surface area contributed by atoms with Crippen LogP contribution < -0.4 is 0 Å². The van der Waals surface area contributed by atoms with Gasteiger partial charge in [0.2, 0.25) is 0 Å². The molecule has 3 aromatic carbocycles. The maximum Gasteiger partial charge on any atom is 0.0710 e. The monoisotopic (exact) mass is 348 g/mol.